The zero-order valence-corrected chi connectivity index (χ0v) is 9.93. The van der Waals surface area contributed by atoms with E-state index in [1.54, 1.807) is 30.5 Å². The van der Waals surface area contributed by atoms with Gasteiger partial charge in [0.1, 0.15) is 17.0 Å². The van der Waals surface area contributed by atoms with E-state index in [1.807, 2.05) is 0 Å². The largest absolute Gasteiger partial charge is 0.467 e. The Labute approximate surface area is 100.0 Å². The minimum Gasteiger partial charge on any atom is -0.467 e. The molecule has 1 heterocycles. The summed E-state index contributed by atoms with van der Waals surface area (Å²) in [5, 5.41) is -0.392. The lowest BCUT2D eigenvalue weighted by Crippen LogP contribution is -1.92. The van der Waals surface area contributed by atoms with Crippen molar-refractivity contribution in [3.05, 3.63) is 58.2 Å². The predicted octanol–water partition coefficient (Wildman–Crippen LogP) is 4.51. The molecule has 0 saturated heterocycles. The fourth-order valence-electron chi connectivity index (χ4n) is 1.27. The van der Waals surface area contributed by atoms with Crippen LogP contribution >= 0.6 is 27.5 Å². The molecule has 0 aliphatic heterocycles. The van der Waals surface area contributed by atoms with Crippen molar-refractivity contribution in [1.29, 1.82) is 0 Å². The Kier molecular flexibility index (Phi) is 3.12. The highest BCUT2D eigenvalue weighted by Crippen LogP contribution is 2.31. The average molecular weight is 290 g/mol. The Balaban J connectivity index is 2.34. The minimum atomic E-state index is -0.392. The van der Waals surface area contributed by atoms with Crippen molar-refractivity contribution in [3.63, 3.8) is 0 Å². The molecule has 0 amide bonds. The summed E-state index contributed by atoms with van der Waals surface area (Å²) in [6.45, 7) is 0. The fraction of sp³-hybridized carbons (Fsp3) is 0.0909. The predicted molar refractivity (Wildman–Crippen MR) is 60.5 cm³/mol. The molecule has 1 aromatic heterocycles. The van der Waals surface area contributed by atoms with Crippen molar-refractivity contribution >= 4 is 27.5 Å². The molecule has 1 unspecified atom stereocenters. The lowest BCUT2D eigenvalue weighted by molar-refractivity contribution is 0.516. The van der Waals surface area contributed by atoms with E-state index >= 15 is 0 Å². The molecule has 0 aliphatic rings. The third-order valence-corrected chi connectivity index (χ3v) is 3.10. The molecule has 2 aromatic rings. The molecule has 0 saturated carbocycles. The van der Waals surface area contributed by atoms with Crippen molar-refractivity contribution < 1.29 is 8.81 Å². The molecular formula is C11H7BrClFO. The number of hydrogen-bond acceptors (Lipinski definition) is 1. The second-order valence-corrected chi connectivity index (χ2v) is 4.34. The van der Waals surface area contributed by atoms with Gasteiger partial charge in [-0.3, -0.25) is 0 Å². The zero-order chi connectivity index (χ0) is 10.8. The van der Waals surface area contributed by atoms with Gasteiger partial charge in [-0.25, -0.2) is 4.39 Å². The third kappa shape index (κ3) is 2.24. The maximum atomic E-state index is 13.0. The highest BCUT2D eigenvalue weighted by atomic mass is 79.9. The number of hydrogen-bond donors (Lipinski definition) is 0. The first-order chi connectivity index (χ1) is 7.18. The van der Waals surface area contributed by atoms with Gasteiger partial charge in [-0.2, -0.15) is 0 Å². The number of furan rings is 1. The van der Waals surface area contributed by atoms with Gasteiger partial charge in [0, 0.05) is 0 Å². The summed E-state index contributed by atoms with van der Waals surface area (Å²) in [4.78, 5) is 0. The van der Waals surface area contributed by atoms with Gasteiger partial charge in [-0.15, -0.1) is 11.6 Å². The highest BCUT2D eigenvalue weighted by molar-refractivity contribution is 9.10. The first-order valence-electron chi connectivity index (χ1n) is 4.31. The van der Waals surface area contributed by atoms with Crippen LogP contribution in [0.4, 0.5) is 4.39 Å². The zero-order valence-electron chi connectivity index (χ0n) is 7.58. The minimum absolute atomic E-state index is 0.304. The number of rotatable bonds is 2. The van der Waals surface area contributed by atoms with Gasteiger partial charge in [0.2, 0.25) is 0 Å². The third-order valence-electron chi connectivity index (χ3n) is 2.03. The van der Waals surface area contributed by atoms with Crippen molar-refractivity contribution in [3.8, 4) is 0 Å². The van der Waals surface area contributed by atoms with E-state index in [0.29, 0.717) is 10.2 Å². The van der Waals surface area contributed by atoms with E-state index in [-0.39, 0.29) is 5.82 Å². The first-order valence-corrected chi connectivity index (χ1v) is 5.54. The molecule has 78 valence electrons. The number of alkyl halides is 1. The maximum absolute atomic E-state index is 13.0. The van der Waals surface area contributed by atoms with Crippen LogP contribution in [0, 0.1) is 5.82 Å². The van der Waals surface area contributed by atoms with Crippen LogP contribution in [0.1, 0.15) is 16.7 Å². The van der Waals surface area contributed by atoms with E-state index in [1.165, 1.54) is 6.07 Å². The summed E-state index contributed by atoms with van der Waals surface area (Å²) in [7, 11) is 0. The molecule has 0 fully saturated rings. The average Bonchev–Trinajstić information content (AvgIpc) is 2.74. The van der Waals surface area contributed by atoms with Gasteiger partial charge in [0.25, 0.3) is 0 Å². The van der Waals surface area contributed by atoms with Crippen LogP contribution in [-0.4, -0.2) is 0 Å². The molecule has 2 rings (SSSR count). The van der Waals surface area contributed by atoms with Crippen LogP contribution < -0.4 is 0 Å². The molecule has 0 spiro atoms. The Morgan fingerprint density at radius 3 is 2.73 bits per heavy atom. The summed E-state index contributed by atoms with van der Waals surface area (Å²) in [5.74, 6) is 0.345. The van der Waals surface area contributed by atoms with Gasteiger partial charge in [0.05, 0.1) is 10.7 Å². The second-order valence-electron chi connectivity index (χ2n) is 3.05. The number of benzene rings is 1. The number of halogens is 3. The van der Waals surface area contributed by atoms with Gasteiger partial charge in [0.15, 0.2) is 0 Å². The highest BCUT2D eigenvalue weighted by Gasteiger charge is 2.14. The van der Waals surface area contributed by atoms with Crippen molar-refractivity contribution in [2.75, 3.05) is 0 Å². The van der Waals surface area contributed by atoms with Gasteiger partial charge in [-0.05, 0) is 45.8 Å². The summed E-state index contributed by atoms with van der Waals surface area (Å²) < 4.78 is 18.6. The van der Waals surface area contributed by atoms with Gasteiger partial charge in [-0.1, -0.05) is 6.07 Å². The lowest BCUT2D eigenvalue weighted by Gasteiger charge is -2.07. The van der Waals surface area contributed by atoms with Crippen LogP contribution in [0.5, 0.6) is 0 Å². The van der Waals surface area contributed by atoms with Crippen molar-refractivity contribution in [1.82, 2.24) is 0 Å². The molecule has 15 heavy (non-hydrogen) atoms. The summed E-state index contributed by atoms with van der Waals surface area (Å²) in [6, 6.07) is 8.21. The molecule has 0 radical (unpaired) electrons. The summed E-state index contributed by atoms with van der Waals surface area (Å²) >= 11 is 9.27. The molecule has 1 nitrogen and oxygen atoms in total. The molecule has 1 atom stereocenters. The van der Waals surface area contributed by atoms with Crippen LogP contribution in [-0.2, 0) is 0 Å². The van der Waals surface area contributed by atoms with E-state index < -0.39 is 5.38 Å². The van der Waals surface area contributed by atoms with E-state index in [2.05, 4.69) is 15.9 Å². The van der Waals surface area contributed by atoms with Crippen LogP contribution in [0.15, 0.2) is 45.5 Å². The molecular weight excluding hydrogens is 282 g/mol. The first kappa shape index (κ1) is 10.7. The second kappa shape index (κ2) is 4.37. The summed E-state index contributed by atoms with van der Waals surface area (Å²) in [5.41, 5.74) is 0.792. The maximum Gasteiger partial charge on any atom is 0.137 e. The van der Waals surface area contributed by atoms with E-state index in [9.17, 15) is 4.39 Å². The lowest BCUT2D eigenvalue weighted by atomic mass is 10.1. The van der Waals surface area contributed by atoms with Gasteiger partial charge >= 0.3 is 0 Å². The van der Waals surface area contributed by atoms with Crippen LogP contribution in [0.3, 0.4) is 0 Å². The molecule has 4 heteroatoms. The van der Waals surface area contributed by atoms with Crippen LogP contribution in [0.2, 0.25) is 0 Å². The SMILES string of the molecule is Fc1ccc(C(Cl)c2ccco2)cc1Br. The van der Waals surface area contributed by atoms with Crippen molar-refractivity contribution in [2.45, 2.75) is 5.38 Å². The molecule has 0 aliphatic carbocycles. The van der Waals surface area contributed by atoms with E-state index in [4.69, 9.17) is 16.0 Å². The standard InChI is InChI=1S/C11H7BrClFO/c12-8-6-7(3-4-9(8)14)11(13)10-2-1-5-15-10/h1-6,11H. The van der Waals surface area contributed by atoms with E-state index in [0.717, 1.165) is 5.56 Å². The Morgan fingerprint density at radius 1 is 1.33 bits per heavy atom. The summed E-state index contributed by atoms with van der Waals surface area (Å²) in [6.07, 6.45) is 1.56. The van der Waals surface area contributed by atoms with Crippen LogP contribution in [0.25, 0.3) is 0 Å². The fourth-order valence-corrected chi connectivity index (χ4v) is 1.93. The van der Waals surface area contributed by atoms with Gasteiger partial charge < -0.3 is 4.42 Å². The Hall–Kier alpha value is -0.800. The quantitative estimate of drug-likeness (QED) is 0.741. The Bertz CT molecular complexity index is 456. The molecule has 0 bridgehead atoms. The van der Waals surface area contributed by atoms with Crippen molar-refractivity contribution in [2.24, 2.45) is 0 Å². The topological polar surface area (TPSA) is 13.1 Å². The molecule has 1 aromatic carbocycles. The molecule has 0 N–H and O–H groups in total. The Morgan fingerprint density at radius 2 is 2.13 bits per heavy atom. The monoisotopic (exact) mass is 288 g/mol. The smallest absolute Gasteiger partial charge is 0.137 e. The normalized spacial score (nSPS) is 12.7.